The van der Waals surface area contributed by atoms with E-state index in [0.717, 1.165) is 47.5 Å². The summed E-state index contributed by atoms with van der Waals surface area (Å²) in [5, 5.41) is 6.26. The molecule has 0 bridgehead atoms. The van der Waals surface area contributed by atoms with Crippen molar-refractivity contribution in [1.29, 1.82) is 0 Å². The smallest absolute Gasteiger partial charge is 0.255 e. The molecule has 6 heteroatoms. The van der Waals surface area contributed by atoms with E-state index in [2.05, 4.69) is 25.5 Å². The van der Waals surface area contributed by atoms with Gasteiger partial charge in [0, 0.05) is 36.1 Å². The van der Waals surface area contributed by atoms with E-state index in [1.807, 2.05) is 68.4 Å². The van der Waals surface area contributed by atoms with E-state index in [1.54, 1.807) is 0 Å². The van der Waals surface area contributed by atoms with Crippen molar-refractivity contribution in [1.82, 2.24) is 9.97 Å². The van der Waals surface area contributed by atoms with E-state index in [9.17, 15) is 4.79 Å². The third kappa shape index (κ3) is 4.71. The predicted molar refractivity (Wildman–Crippen MR) is 117 cm³/mol. The Balaban J connectivity index is 1.43. The molecular weight excluding hydrogens is 362 g/mol. The highest BCUT2D eigenvalue weighted by atomic mass is 16.1. The second-order valence-corrected chi connectivity index (χ2v) is 7.38. The second kappa shape index (κ2) is 8.31. The molecule has 1 saturated heterocycles. The lowest BCUT2D eigenvalue weighted by Gasteiger charge is -2.18. The first-order valence-corrected chi connectivity index (χ1v) is 9.92. The number of carbonyl (C=O) groups excluding carboxylic acids is 1. The number of nitrogens with zero attached hydrogens (tertiary/aromatic N) is 3. The molecule has 29 heavy (non-hydrogen) atoms. The van der Waals surface area contributed by atoms with Gasteiger partial charge in [0.25, 0.3) is 5.91 Å². The lowest BCUT2D eigenvalue weighted by Crippen LogP contribution is -2.19. The number of amides is 1. The van der Waals surface area contributed by atoms with Crippen molar-refractivity contribution >= 4 is 28.9 Å². The van der Waals surface area contributed by atoms with Gasteiger partial charge in [0.15, 0.2) is 0 Å². The molecule has 0 spiro atoms. The first-order valence-electron chi connectivity index (χ1n) is 9.92. The average molecular weight is 387 g/mol. The molecule has 2 heterocycles. The van der Waals surface area contributed by atoms with E-state index in [-0.39, 0.29) is 5.91 Å². The van der Waals surface area contributed by atoms with Crippen LogP contribution in [0, 0.1) is 13.8 Å². The summed E-state index contributed by atoms with van der Waals surface area (Å²) >= 11 is 0. The minimum atomic E-state index is -0.118. The zero-order valence-corrected chi connectivity index (χ0v) is 16.8. The summed E-state index contributed by atoms with van der Waals surface area (Å²) in [6.07, 6.45) is 2.42. The number of hydrogen-bond acceptors (Lipinski definition) is 5. The number of aromatic nitrogens is 2. The fraction of sp³-hybridized carbons (Fsp3) is 0.261. The third-order valence-corrected chi connectivity index (χ3v) is 4.98. The number of rotatable bonds is 5. The fourth-order valence-corrected chi connectivity index (χ4v) is 3.42. The third-order valence-electron chi connectivity index (χ3n) is 4.98. The van der Waals surface area contributed by atoms with Gasteiger partial charge in [-0.05, 0) is 63.1 Å². The zero-order valence-electron chi connectivity index (χ0n) is 16.8. The molecule has 0 atom stereocenters. The zero-order chi connectivity index (χ0) is 20.2. The normalized spacial score (nSPS) is 13.4. The summed E-state index contributed by atoms with van der Waals surface area (Å²) in [7, 11) is 0. The Morgan fingerprint density at radius 3 is 2.24 bits per heavy atom. The molecule has 2 N–H and O–H groups in total. The van der Waals surface area contributed by atoms with Crippen molar-refractivity contribution in [2.45, 2.75) is 26.7 Å². The highest BCUT2D eigenvalue weighted by molar-refractivity contribution is 6.04. The topological polar surface area (TPSA) is 70.2 Å². The minimum Gasteiger partial charge on any atom is -0.356 e. The van der Waals surface area contributed by atoms with Crippen LogP contribution in [0.2, 0.25) is 0 Å². The van der Waals surface area contributed by atoms with Gasteiger partial charge in [-0.2, -0.15) is 0 Å². The van der Waals surface area contributed by atoms with E-state index < -0.39 is 0 Å². The molecule has 6 nitrogen and oxygen atoms in total. The first-order chi connectivity index (χ1) is 14.1. The van der Waals surface area contributed by atoms with Gasteiger partial charge in [-0.1, -0.05) is 17.7 Å². The highest BCUT2D eigenvalue weighted by Crippen LogP contribution is 2.23. The Hall–Kier alpha value is -3.41. The largest absolute Gasteiger partial charge is 0.356 e. The van der Waals surface area contributed by atoms with Gasteiger partial charge in [0.2, 0.25) is 0 Å². The van der Waals surface area contributed by atoms with Gasteiger partial charge in [-0.3, -0.25) is 4.79 Å². The predicted octanol–water partition coefficient (Wildman–Crippen LogP) is 4.69. The Labute approximate surface area is 171 Å². The van der Waals surface area contributed by atoms with E-state index in [0.29, 0.717) is 5.56 Å². The number of aryl methyl sites for hydroxylation is 2. The van der Waals surface area contributed by atoms with Gasteiger partial charge in [-0.25, -0.2) is 9.97 Å². The van der Waals surface area contributed by atoms with Crippen molar-refractivity contribution in [3.63, 3.8) is 0 Å². The van der Waals surface area contributed by atoms with Crippen LogP contribution in [0.1, 0.15) is 34.6 Å². The molecule has 1 aromatic heterocycles. The maximum atomic E-state index is 12.4. The van der Waals surface area contributed by atoms with Crippen LogP contribution in [0.4, 0.5) is 23.0 Å². The lowest BCUT2D eigenvalue weighted by molar-refractivity contribution is 0.102. The molecule has 2 aromatic carbocycles. The highest BCUT2D eigenvalue weighted by Gasteiger charge is 2.15. The van der Waals surface area contributed by atoms with E-state index in [4.69, 9.17) is 0 Å². The van der Waals surface area contributed by atoms with Crippen LogP contribution in [-0.2, 0) is 0 Å². The van der Waals surface area contributed by atoms with E-state index >= 15 is 0 Å². The number of nitrogens with one attached hydrogen (secondary N) is 2. The molecule has 1 aliphatic rings. The minimum absolute atomic E-state index is 0.118. The Morgan fingerprint density at radius 1 is 0.897 bits per heavy atom. The number of hydrogen-bond donors (Lipinski definition) is 2. The summed E-state index contributed by atoms with van der Waals surface area (Å²) in [5.74, 6) is 2.38. The van der Waals surface area contributed by atoms with Crippen LogP contribution >= 0.6 is 0 Å². The summed E-state index contributed by atoms with van der Waals surface area (Å²) < 4.78 is 0. The van der Waals surface area contributed by atoms with Crippen LogP contribution in [-0.4, -0.2) is 29.0 Å². The van der Waals surface area contributed by atoms with Crippen molar-refractivity contribution in [2.75, 3.05) is 28.6 Å². The summed E-state index contributed by atoms with van der Waals surface area (Å²) in [5.41, 5.74) is 3.43. The fourth-order valence-electron chi connectivity index (χ4n) is 3.42. The van der Waals surface area contributed by atoms with Gasteiger partial charge in [0.1, 0.15) is 17.5 Å². The van der Waals surface area contributed by atoms with E-state index in [1.165, 1.54) is 12.8 Å². The average Bonchev–Trinajstić information content (AvgIpc) is 3.24. The van der Waals surface area contributed by atoms with Gasteiger partial charge in [-0.15, -0.1) is 0 Å². The molecule has 1 fully saturated rings. The number of anilines is 4. The Morgan fingerprint density at radius 2 is 1.55 bits per heavy atom. The monoisotopic (exact) mass is 387 g/mol. The van der Waals surface area contributed by atoms with Crippen LogP contribution < -0.4 is 15.5 Å². The molecule has 148 valence electrons. The molecule has 3 aromatic rings. The number of benzene rings is 2. The molecule has 0 unspecified atom stereocenters. The molecule has 0 aliphatic carbocycles. The van der Waals surface area contributed by atoms with Crippen molar-refractivity contribution in [3.05, 3.63) is 71.5 Å². The molecule has 4 rings (SSSR count). The standard InChI is InChI=1S/C23H25N5O/c1-16-5-7-18(8-6-16)23(29)27-20-11-9-19(10-12-20)26-21-15-22(25-17(2)24-21)28-13-3-4-14-28/h5-12,15H,3-4,13-14H2,1-2H3,(H,27,29)(H,24,25,26). The quantitative estimate of drug-likeness (QED) is 0.665. The van der Waals surface area contributed by atoms with Crippen LogP contribution in [0.3, 0.4) is 0 Å². The van der Waals surface area contributed by atoms with Gasteiger partial charge in [0.05, 0.1) is 0 Å². The van der Waals surface area contributed by atoms with Crippen LogP contribution in [0.25, 0.3) is 0 Å². The summed E-state index contributed by atoms with van der Waals surface area (Å²) in [6, 6.07) is 17.1. The lowest BCUT2D eigenvalue weighted by atomic mass is 10.1. The second-order valence-electron chi connectivity index (χ2n) is 7.38. The molecule has 0 radical (unpaired) electrons. The Bertz CT molecular complexity index is 993. The molecular formula is C23H25N5O. The SMILES string of the molecule is Cc1ccc(C(=O)Nc2ccc(Nc3cc(N4CCCC4)nc(C)n3)cc2)cc1. The molecule has 0 saturated carbocycles. The number of carbonyl (C=O) groups is 1. The summed E-state index contributed by atoms with van der Waals surface area (Å²) in [6.45, 7) is 6.01. The Kier molecular flexibility index (Phi) is 5.42. The molecule has 1 amide bonds. The summed E-state index contributed by atoms with van der Waals surface area (Å²) in [4.78, 5) is 23.7. The van der Waals surface area contributed by atoms with Crippen LogP contribution in [0.15, 0.2) is 54.6 Å². The molecule has 1 aliphatic heterocycles. The maximum Gasteiger partial charge on any atom is 0.255 e. The first kappa shape index (κ1) is 18.9. The van der Waals surface area contributed by atoms with Gasteiger partial charge < -0.3 is 15.5 Å². The maximum absolute atomic E-state index is 12.4. The van der Waals surface area contributed by atoms with Crippen LogP contribution in [0.5, 0.6) is 0 Å². The van der Waals surface area contributed by atoms with Crippen molar-refractivity contribution in [3.8, 4) is 0 Å². The van der Waals surface area contributed by atoms with Gasteiger partial charge >= 0.3 is 0 Å². The van der Waals surface area contributed by atoms with Crippen molar-refractivity contribution in [2.24, 2.45) is 0 Å². The van der Waals surface area contributed by atoms with Crippen molar-refractivity contribution < 1.29 is 4.79 Å².